The van der Waals surface area contributed by atoms with Gasteiger partial charge in [0.25, 0.3) is 0 Å². The SMILES string of the molecule is COC(=O)C(C)(C)N1c2c(OC)cccc2[C@@H](C)CC1(C)C. The second-order valence-electron chi connectivity index (χ2n) is 7.20. The molecule has 4 heteroatoms. The van der Waals surface area contributed by atoms with Crippen LogP contribution >= 0.6 is 0 Å². The Labute approximate surface area is 133 Å². The fourth-order valence-corrected chi connectivity index (χ4v) is 3.97. The van der Waals surface area contributed by atoms with Crippen LogP contribution in [0.5, 0.6) is 5.75 Å². The van der Waals surface area contributed by atoms with Crippen LogP contribution in [0.25, 0.3) is 0 Å². The molecule has 22 heavy (non-hydrogen) atoms. The smallest absolute Gasteiger partial charge is 0.331 e. The molecule has 0 amide bonds. The van der Waals surface area contributed by atoms with E-state index >= 15 is 0 Å². The number of ether oxygens (including phenoxy) is 2. The Kier molecular flexibility index (Phi) is 4.16. The molecule has 122 valence electrons. The van der Waals surface area contributed by atoms with E-state index in [-0.39, 0.29) is 11.5 Å². The third-order valence-corrected chi connectivity index (χ3v) is 4.66. The van der Waals surface area contributed by atoms with Crippen molar-refractivity contribution in [3.05, 3.63) is 23.8 Å². The fourth-order valence-electron chi connectivity index (χ4n) is 3.97. The summed E-state index contributed by atoms with van der Waals surface area (Å²) in [6.07, 6.45) is 0.966. The van der Waals surface area contributed by atoms with E-state index in [9.17, 15) is 4.79 Å². The Morgan fingerprint density at radius 2 is 1.95 bits per heavy atom. The maximum absolute atomic E-state index is 12.4. The van der Waals surface area contributed by atoms with Gasteiger partial charge in [0, 0.05) is 5.54 Å². The minimum Gasteiger partial charge on any atom is -0.495 e. The lowest BCUT2D eigenvalue weighted by molar-refractivity contribution is -0.146. The average Bonchev–Trinajstić information content (AvgIpc) is 2.44. The predicted octanol–water partition coefficient (Wildman–Crippen LogP) is 3.74. The molecule has 1 aromatic rings. The zero-order chi connectivity index (χ0) is 16.7. The number of hydrogen-bond donors (Lipinski definition) is 0. The number of carbonyl (C=O) groups is 1. The van der Waals surface area contributed by atoms with Gasteiger partial charge in [-0.3, -0.25) is 0 Å². The van der Waals surface area contributed by atoms with E-state index in [1.54, 1.807) is 7.11 Å². The quantitative estimate of drug-likeness (QED) is 0.797. The van der Waals surface area contributed by atoms with Gasteiger partial charge < -0.3 is 14.4 Å². The Morgan fingerprint density at radius 3 is 2.50 bits per heavy atom. The molecule has 1 aromatic carbocycles. The topological polar surface area (TPSA) is 38.8 Å². The molecule has 0 fully saturated rings. The van der Waals surface area contributed by atoms with Crippen LogP contribution in [0, 0.1) is 0 Å². The lowest BCUT2D eigenvalue weighted by Crippen LogP contribution is -2.62. The maximum Gasteiger partial charge on any atom is 0.331 e. The second-order valence-corrected chi connectivity index (χ2v) is 7.20. The number of anilines is 1. The van der Waals surface area contributed by atoms with Gasteiger partial charge in [-0.15, -0.1) is 0 Å². The molecule has 0 saturated heterocycles. The molecule has 0 N–H and O–H groups in total. The van der Waals surface area contributed by atoms with Crippen molar-refractivity contribution < 1.29 is 14.3 Å². The molecule has 0 spiro atoms. The van der Waals surface area contributed by atoms with Crippen LogP contribution in [0.2, 0.25) is 0 Å². The summed E-state index contributed by atoms with van der Waals surface area (Å²) in [6.45, 7) is 10.4. The minimum atomic E-state index is -0.776. The lowest BCUT2D eigenvalue weighted by Gasteiger charge is -2.53. The van der Waals surface area contributed by atoms with Crippen molar-refractivity contribution in [2.45, 2.75) is 58.0 Å². The van der Waals surface area contributed by atoms with Crippen LogP contribution < -0.4 is 9.64 Å². The Morgan fingerprint density at radius 1 is 1.32 bits per heavy atom. The van der Waals surface area contributed by atoms with Gasteiger partial charge >= 0.3 is 5.97 Å². The number of nitrogens with zero attached hydrogens (tertiary/aromatic N) is 1. The normalized spacial score (nSPS) is 20.3. The standard InChI is InChI=1S/C18H27NO3/c1-12-11-17(2,3)19(18(4,5)16(20)22-7)15-13(12)9-8-10-14(15)21-6/h8-10,12H,11H2,1-7H3/t12-/m0/s1. The molecule has 0 aliphatic carbocycles. The van der Waals surface area contributed by atoms with E-state index in [1.165, 1.54) is 12.7 Å². The first-order chi connectivity index (χ1) is 10.2. The summed E-state index contributed by atoms with van der Waals surface area (Å²) in [6, 6.07) is 6.08. The Hall–Kier alpha value is -1.71. The van der Waals surface area contributed by atoms with E-state index in [1.807, 2.05) is 26.0 Å². The van der Waals surface area contributed by atoms with Gasteiger partial charge in [0.2, 0.25) is 0 Å². The third-order valence-electron chi connectivity index (χ3n) is 4.66. The molecular formula is C18H27NO3. The first kappa shape index (κ1) is 16.7. The van der Waals surface area contributed by atoms with E-state index in [0.29, 0.717) is 5.92 Å². The highest BCUT2D eigenvalue weighted by atomic mass is 16.5. The maximum atomic E-state index is 12.4. The van der Waals surface area contributed by atoms with Crippen LogP contribution in [0.3, 0.4) is 0 Å². The van der Waals surface area contributed by atoms with E-state index < -0.39 is 5.54 Å². The van der Waals surface area contributed by atoms with Crippen molar-refractivity contribution >= 4 is 11.7 Å². The molecule has 0 unspecified atom stereocenters. The molecule has 0 saturated carbocycles. The zero-order valence-corrected chi connectivity index (χ0v) is 14.7. The highest BCUT2D eigenvalue weighted by Gasteiger charge is 2.48. The van der Waals surface area contributed by atoms with Gasteiger partial charge in [-0.25, -0.2) is 4.79 Å². The van der Waals surface area contributed by atoms with Gasteiger partial charge in [-0.1, -0.05) is 19.1 Å². The number of methoxy groups -OCH3 is 2. The molecule has 0 aromatic heterocycles. The first-order valence-corrected chi connectivity index (χ1v) is 7.72. The van der Waals surface area contributed by atoms with Gasteiger partial charge in [-0.2, -0.15) is 0 Å². The second kappa shape index (κ2) is 5.49. The van der Waals surface area contributed by atoms with Crippen molar-refractivity contribution in [3.63, 3.8) is 0 Å². The predicted molar refractivity (Wildman–Crippen MR) is 88.7 cm³/mol. The van der Waals surface area contributed by atoms with Crippen molar-refractivity contribution in [2.75, 3.05) is 19.1 Å². The van der Waals surface area contributed by atoms with Crippen LogP contribution in [0.1, 0.15) is 52.5 Å². The summed E-state index contributed by atoms with van der Waals surface area (Å²) >= 11 is 0. The van der Waals surface area contributed by atoms with Gasteiger partial charge in [0.15, 0.2) is 0 Å². The monoisotopic (exact) mass is 305 g/mol. The van der Waals surface area contributed by atoms with Crippen molar-refractivity contribution in [1.82, 2.24) is 0 Å². The molecule has 4 nitrogen and oxygen atoms in total. The summed E-state index contributed by atoms with van der Waals surface area (Å²) in [5.41, 5.74) is 1.26. The minimum absolute atomic E-state index is 0.182. The lowest BCUT2D eigenvalue weighted by atomic mass is 9.77. The third kappa shape index (κ3) is 2.44. The first-order valence-electron chi connectivity index (χ1n) is 7.72. The number of hydrogen-bond acceptors (Lipinski definition) is 4. The molecule has 1 aliphatic heterocycles. The number of rotatable bonds is 3. The largest absolute Gasteiger partial charge is 0.495 e. The summed E-state index contributed by atoms with van der Waals surface area (Å²) in [7, 11) is 3.11. The summed E-state index contributed by atoms with van der Waals surface area (Å²) in [5, 5.41) is 0. The summed E-state index contributed by atoms with van der Waals surface area (Å²) in [4.78, 5) is 14.6. The number of carbonyl (C=O) groups excluding carboxylic acids is 1. The number of fused-ring (bicyclic) bond motifs is 1. The van der Waals surface area contributed by atoms with E-state index in [4.69, 9.17) is 9.47 Å². The van der Waals surface area contributed by atoms with Crippen molar-refractivity contribution in [2.24, 2.45) is 0 Å². The number of benzene rings is 1. The van der Waals surface area contributed by atoms with E-state index in [0.717, 1.165) is 17.9 Å². The molecule has 1 aliphatic rings. The molecule has 0 radical (unpaired) electrons. The molecule has 0 bridgehead atoms. The van der Waals surface area contributed by atoms with Gasteiger partial charge in [-0.05, 0) is 51.7 Å². The van der Waals surface area contributed by atoms with Crippen LogP contribution in [0.4, 0.5) is 5.69 Å². The zero-order valence-electron chi connectivity index (χ0n) is 14.7. The average molecular weight is 305 g/mol. The van der Waals surface area contributed by atoms with Crippen LogP contribution in [-0.4, -0.2) is 31.3 Å². The van der Waals surface area contributed by atoms with Crippen LogP contribution in [0.15, 0.2) is 18.2 Å². The van der Waals surface area contributed by atoms with Gasteiger partial charge in [0.05, 0.1) is 19.9 Å². The molecule has 1 atom stereocenters. The Bertz CT molecular complexity index is 578. The number of para-hydroxylation sites is 1. The Balaban J connectivity index is 2.72. The summed E-state index contributed by atoms with van der Waals surface area (Å²) in [5.74, 6) is 0.964. The molecule has 1 heterocycles. The number of esters is 1. The fraction of sp³-hybridized carbons (Fsp3) is 0.611. The van der Waals surface area contributed by atoms with Crippen molar-refractivity contribution in [1.29, 1.82) is 0 Å². The van der Waals surface area contributed by atoms with Crippen molar-refractivity contribution in [3.8, 4) is 5.75 Å². The van der Waals surface area contributed by atoms with E-state index in [2.05, 4.69) is 31.7 Å². The van der Waals surface area contributed by atoms with Gasteiger partial charge in [0.1, 0.15) is 11.3 Å². The molecule has 2 rings (SSSR count). The molecular weight excluding hydrogens is 278 g/mol. The highest BCUT2D eigenvalue weighted by molar-refractivity contribution is 5.87. The highest BCUT2D eigenvalue weighted by Crippen LogP contribution is 2.50. The van der Waals surface area contributed by atoms with Crippen LogP contribution in [-0.2, 0) is 9.53 Å². The summed E-state index contributed by atoms with van der Waals surface area (Å²) < 4.78 is 10.7.